The van der Waals surface area contributed by atoms with E-state index in [2.05, 4.69) is 4.98 Å². The number of aromatic nitrogens is 1. The largest absolute Gasteiger partial charge is 0.397 e. The number of nitrogens with zero attached hydrogens (tertiary/aromatic N) is 4. The Morgan fingerprint density at radius 2 is 1.71 bits per heavy atom. The molecule has 1 saturated heterocycles. The van der Waals surface area contributed by atoms with E-state index in [4.69, 9.17) is 0 Å². The van der Waals surface area contributed by atoms with Crippen LogP contribution in [-0.2, 0) is 4.79 Å². The van der Waals surface area contributed by atoms with Crippen LogP contribution in [0, 0.1) is 0 Å². The average Bonchev–Trinajstić information content (AvgIpc) is 2.53. The highest BCUT2D eigenvalue weighted by Gasteiger charge is 2.35. The highest BCUT2D eigenvalue weighted by atomic mass is 19.4. The molecule has 24 heavy (non-hydrogen) atoms. The molecule has 9 heteroatoms. The third kappa shape index (κ3) is 4.59. The fourth-order valence-corrected chi connectivity index (χ4v) is 2.40. The van der Waals surface area contributed by atoms with Gasteiger partial charge in [-0.25, -0.2) is 4.98 Å². The van der Waals surface area contributed by atoms with Crippen LogP contribution in [0.4, 0.5) is 19.0 Å². The lowest BCUT2D eigenvalue weighted by Crippen LogP contribution is -2.51. The summed E-state index contributed by atoms with van der Waals surface area (Å²) in [7, 11) is 3.67. The van der Waals surface area contributed by atoms with Crippen LogP contribution in [0.5, 0.6) is 0 Å². The Bertz CT molecular complexity index is 594. The number of pyridine rings is 1. The zero-order valence-corrected chi connectivity index (χ0v) is 13.5. The molecule has 132 valence electrons. The van der Waals surface area contributed by atoms with E-state index >= 15 is 0 Å². The van der Waals surface area contributed by atoms with Crippen LogP contribution in [0.15, 0.2) is 18.3 Å². The first-order valence-electron chi connectivity index (χ1n) is 7.44. The Morgan fingerprint density at radius 1 is 1.12 bits per heavy atom. The SMILES string of the molecule is CN(C)c1ccc(C(=O)N2CCN(C(=O)CC(F)(F)F)CC2)cn1. The minimum absolute atomic E-state index is 0.101. The third-order valence-electron chi connectivity index (χ3n) is 3.72. The molecule has 1 aromatic rings. The van der Waals surface area contributed by atoms with Gasteiger partial charge in [0.15, 0.2) is 0 Å². The van der Waals surface area contributed by atoms with Gasteiger partial charge in [-0.1, -0.05) is 0 Å². The van der Waals surface area contributed by atoms with Crippen molar-refractivity contribution in [1.82, 2.24) is 14.8 Å². The van der Waals surface area contributed by atoms with Gasteiger partial charge in [-0.15, -0.1) is 0 Å². The van der Waals surface area contributed by atoms with Crippen LogP contribution in [0.25, 0.3) is 0 Å². The summed E-state index contributed by atoms with van der Waals surface area (Å²) in [5.41, 5.74) is 0.413. The minimum atomic E-state index is -4.51. The van der Waals surface area contributed by atoms with Gasteiger partial charge >= 0.3 is 6.18 Å². The monoisotopic (exact) mass is 344 g/mol. The number of hydrogen-bond donors (Lipinski definition) is 0. The van der Waals surface area contributed by atoms with Gasteiger partial charge in [-0.05, 0) is 12.1 Å². The molecule has 1 aliphatic heterocycles. The van der Waals surface area contributed by atoms with Gasteiger partial charge in [-0.2, -0.15) is 13.2 Å². The first kappa shape index (κ1) is 18.0. The molecule has 0 spiro atoms. The van der Waals surface area contributed by atoms with Crippen molar-refractivity contribution in [2.75, 3.05) is 45.2 Å². The lowest BCUT2D eigenvalue weighted by molar-refractivity contribution is -0.162. The van der Waals surface area contributed by atoms with E-state index in [-0.39, 0.29) is 32.1 Å². The smallest absolute Gasteiger partial charge is 0.363 e. The van der Waals surface area contributed by atoms with Crippen molar-refractivity contribution in [3.63, 3.8) is 0 Å². The minimum Gasteiger partial charge on any atom is -0.363 e. The van der Waals surface area contributed by atoms with Gasteiger partial charge in [0.25, 0.3) is 5.91 Å². The van der Waals surface area contributed by atoms with E-state index in [0.717, 1.165) is 4.90 Å². The van der Waals surface area contributed by atoms with Crippen LogP contribution in [-0.4, -0.2) is 73.0 Å². The molecule has 1 aliphatic rings. The number of hydrogen-bond acceptors (Lipinski definition) is 4. The summed E-state index contributed by atoms with van der Waals surface area (Å²) in [4.78, 5) is 32.6. The molecule has 0 unspecified atom stereocenters. The summed E-state index contributed by atoms with van der Waals surface area (Å²) in [6.45, 7) is 0.615. The zero-order chi connectivity index (χ0) is 17.9. The fourth-order valence-electron chi connectivity index (χ4n) is 2.40. The van der Waals surface area contributed by atoms with Crippen molar-refractivity contribution >= 4 is 17.6 Å². The predicted octanol–water partition coefficient (Wildman–Crippen LogP) is 1.38. The number of rotatable bonds is 3. The van der Waals surface area contributed by atoms with Crippen molar-refractivity contribution < 1.29 is 22.8 Å². The quantitative estimate of drug-likeness (QED) is 0.831. The normalized spacial score (nSPS) is 15.4. The average molecular weight is 344 g/mol. The fraction of sp³-hybridized carbons (Fsp3) is 0.533. The molecule has 2 amide bonds. The van der Waals surface area contributed by atoms with Gasteiger partial charge in [0.2, 0.25) is 5.91 Å². The van der Waals surface area contributed by atoms with E-state index in [9.17, 15) is 22.8 Å². The Kier molecular flexibility index (Phi) is 5.30. The molecule has 0 saturated carbocycles. The first-order chi connectivity index (χ1) is 11.2. The van der Waals surface area contributed by atoms with Crippen LogP contribution in [0.3, 0.4) is 0 Å². The Morgan fingerprint density at radius 3 is 2.17 bits per heavy atom. The topological polar surface area (TPSA) is 56.8 Å². The third-order valence-corrected chi connectivity index (χ3v) is 3.72. The standard InChI is InChI=1S/C15H19F3N4O2/c1-20(2)12-4-3-11(10-19-12)14(24)22-7-5-21(6-8-22)13(23)9-15(16,17)18/h3-4,10H,5-9H2,1-2H3. The van der Waals surface area contributed by atoms with Gasteiger partial charge < -0.3 is 14.7 Å². The predicted molar refractivity (Wildman–Crippen MR) is 81.7 cm³/mol. The molecule has 6 nitrogen and oxygen atoms in total. The molecular weight excluding hydrogens is 325 g/mol. The number of alkyl halides is 3. The molecule has 0 N–H and O–H groups in total. The van der Waals surface area contributed by atoms with Crippen molar-refractivity contribution in [1.29, 1.82) is 0 Å². The molecule has 0 aromatic carbocycles. The number of carbonyl (C=O) groups excluding carboxylic acids is 2. The molecule has 0 aliphatic carbocycles. The van der Waals surface area contributed by atoms with Crippen molar-refractivity contribution in [3.05, 3.63) is 23.9 Å². The number of piperazine rings is 1. The van der Waals surface area contributed by atoms with E-state index in [0.29, 0.717) is 11.4 Å². The number of anilines is 1. The summed E-state index contributed by atoms with van der Waals surface area (Å²) in [6.07, 6.45) is -4.50. The van der Waals surface area contributed by atoms with Gasteiger partial charge in [-0.3, -0.25) is 9.59 Å². The van der Waals surface area contributed by atoms with Crippen molar-refractivity contribution in [2.45, 2.75) is 12.6 Å². The Balaban J connectivity index is 1.92. The van der Waals surface area contributed by atoms with Gasteiger partial charge in [0.1, 0.15) is 12.2 Å². The summed E-state index contributed by atoms with van der Waals surface area (Å²) in [6, 6.07) is 3.38. The number of carbonyl (C=O) groups is 2. The lowest BCUT2D eigenvalue weighted by atomic mass is 10.2. The van der Waals surface area contributed by atoms with Crippen LogP contribution < -0.4 is 4.90 Å². The summed E-state index contributed by atoms with van der Waals surface area (Å²) >= 11 is 0. The van der Waals surface area contributed by atoms with E-state index in [1.165, 1.54) is 11.1 Å². The molecule has 0 radical (unpaired) electrons. The van der Waals surface area contributed by atoms with E-state index < -0.39 is 18.5 Å². The maximum atomic E-state index is 12.4. The molecule has 0 bridgehead atoms. The summed E-state index contributed by atoms with van der Waals surface area (Å²) in [5.74, 6) is -0.476. The van der Waals surface area contributed by atoms with Crippen LogP contribution in [0.1, 0.15) is 16.8 Å². The molecule has 2 rings (SSSR count). The van der Waals surface area contributed by atoms with E-state index in [1.54, 1.807) is 17.0 Å². The Hall–Kier alpha value is -2.32. The van der Waals surface area contributed by atoms with Crippen molar-refractivity contribution in [2.24, 2.45) is 0 Å². The van der Waals surface area contributed by atoms with Crippen LogP contribution >= 0.6 is 0 Å². The lowest BCUT2D eigenvalue weighted by Gasteiger charge is -2.35. The zero-order valence-electron chi connectivity index (χ0n) is 13.5. The molecule has 1 fully saturated rings. The second-order valence-electron chi connectivity index (χ2n) is 5.76. The maximum absolute atomic E-state index is 12.4. The first-order valence-corrected chi connectivity index (χ1v) is 7.44. The molecule has 2 heterocycles. The molecule has 0 atom stereocenters. The van der Waals surface area contributed by atoms with E-state index in [1.807, 2.05) is 14.1 Å². The summed E-state index contributed by atoms with van der Waals surface area (Å²) in [5, 5.41) is 0. The number of halogens is 3. The van der Waals surface area contributed by atoms with Gasteiger partial charge in [0.05, 0.1) is 5.56 Å². The highest BCUT2D eigenvalue weighted by molar-refractivity contribution is 5.94. The summed E-state index contributed by atoms with van der Waals surface area (Å²) < 4.78 is 36.8. The second kappa shape index (κ2) is 7.06. The second-order valence-corrected chi connectivity index (χ2v) is 5.76. The maximum Gasteiger partial charge on any atom is 0.397 e. The Labute approximate surface area is 137 Å². The highest BCUT2D eigenvalue weighted by Crippen LogP contribution is 2.21. The van der Waals surface area contributed by atoms with Gasteiger partial charge in [0, 0.05) is 46.5 Å². The van der Waals surface area contributed by atoms with Crippen molar-refractivity contribution in [3.8, 4) is 0 Å². The molecular formula is C15H19F3N4O2. The molecule has 1 aromatic heterocycles. The number of amides is 2. The van der Waals surface area contributed by atoms with Crippen LogP contribution in [0.2, 0.25) is 0 Å².